The number of benzene rings is 2. The van der Waals surface area contributed by atoms with Gasteiger partial charge in [0.2, 0.25) is 0 Å². The molecule has 2 aromatic heterocycles. The van der Waals surface area contributed by atoms with E-state index >= 15 is 0 Å². The minimum Gasteiger partial charge on any atom is -0.374 e. The lowest BCUT2D eigenvalue weighted by molar-refractivity contribution is 0.301. The standard InChI is InChI=1S/C22H27FN6/c1-4-29(5-2)12-6-11-28(3)16-8-10-18-20(14-16)25-22(24-18)21-17-9-7-15(23)13-19(17)26-27-21/h7-10,13-14H,4-6,11-12H2,1-3H3,(H,24,25)(H,26,27). The van der Waals surface area contributed by atoms with Crippen LogP contribution in [0.4, 0.5) is 10.1 Å². The molecule has 0 aliphatic rings. The Morgan fingerprint density at radius 1 is 1.00 bits per heavy atom. The van der Waals surface area contributed by atoms with E-state index in [1.165, 1.54) is 12.1 Å². The fourth-order valence-electron chi connectivity index (χ4n) is 3.72. The van der Waals surface area contributed by atoms with Crippen molar-refractivity contribution in [2.24, 2.45) is 0 Å². The van der Waals surface area contributed by atoms with Gasteiger partial charge in [-0.2, -0.15) is 5.10 Å². The molecule has 0 spiro atoms. The third-order valence-corrected chi connectivity index (χ3v) is 5.52. The van der Waals surface area contributed by atoms with Gasteiger partial charge in [0.25, 0.3) is 0 Å². The van der Waals surface area contributed by atoms with E-state index in [0.717, 1.165) is 54.7 Å². The number of nitrogens with zero attached hydrogens (tertiary/aromatic N) is 4. The van der Waals surface area contributed by atoms with E-state index in [0.29, 0.717) is 17.0 Å². The monoisotopic (exact) mass is 394 g/mol. The van der Waals surface area contributed by atoms with E-state index in [2.05, 4.69) is 63.0 Å². The molecule has 6 nitrogen and oxygen atoms in total. The zero-order valence-corrected chi connectivity index (χ0v) is 17.2. The fraction of sp³-hybridized carbons (Fsp3) is 0.364. The maximum absolute atomic E-state index is 13.4. The number of fused-ring (bicyclic) bond motifs is 2. The van der Waals surface area contributed by atoms with Crippen molar-refractivity contribution in [3.63, 3.8) is 0 Å². The highest BCUT2D eigenvalue weighted by Gasteiger charge is 2.14. The SMILES string of the molecule is CCN(CC)CCCN(C)c1ccc2nc(-c3n[nH]c4cc(F)ccc34)[nH]c2c1. The lowest BCUT2D eigenvalue weighted by Crippen LogP contribution is -2.28. The van der Waals surface area contributed by atoms with Crippen LogP contribution in [0.25, 0.3) is 33.5 Å². The molecule has 4 aromatic rings. The predicted molar refractivity (Wildman–Crippen MR) is 117 cm³/mol. The average Bonchev–Trinajstić information content (AvgIpc) is 3.33. The topological polar surface area (TPSA) is 63.8 Å². The van der Waals surface area contributed by atoms with E-state index in [1.807, 2.05) is 6.07 Å². The maximum Gasteiger partial charge on any atom is 0.159 e. The second-order valence-corrected chi connectivity index (χ2v) is 7.35. The molecule has 0 radical (unpaired) electrons. The summed E-state index contributed by atoms with van der Waals surface area (Å²) in [6, 6.07) is 10.9. The van der Waals surface area contributed by atoms with Crippen LogP contribution in [0.3, 0.4) is 0 Å². The summed E-state index contributed by atoms with van der Waals surface area (Å²) in [7, 11) is 2.12. The third-order valence-electron chi connectivity index (χ3n) is 5.52. The van der Waals surface area contributed by atoms with Gasteiger partial charge in [-0.3, -0.25) is 5.10 Å². The van der Waals surface area contributed by atoms with Crippen molar-refractivity contribution in [2.45, 2.75) is 20.3 Å². The number of imidazole rings is 1. The van der Waals surface area contributed by atoms with Gasteiger partial charge in [-0.15, -0.1) is 0 Å². The summed E-state index contributed by atoms with van der Waals surface area (Å²) in [5.41, 5.74) is 4.37. The maximum atomic E-state index is 13.4. The third kappa shape index (κ3) is 3.96. The van der Waals surface area contributed by atoms with E-state index in [1.54, 1.807) is 6.07 Å². The number of aromatic nitrogens is 4. The van der Waals surface area contributed by atoms with Gasteiger partial charge in [-0.1, -0.05) is 13.8 Å². The molecular weight excluding hydrogens is 367 g/mol. The largest absolute Gasteiger partial charge is 0.374 e. The molecule has 2 aromatic carbocycles. The Morgan fingerprint density at radius 2 is 1.83 bits per heavy atom. The van der Waals surface area contributed by atoms with Crippen molar-refractivity contribution in [2.75, 3.05) is 38.1 Å². The summed E-state index contributed by atoms with van der Waals surface area (Å²) < 4.78 is 13.4. The molecule has 0 saturated heterocycles. The Hall–Kier alpha value is -2.93. The normalized spacial score (nSPS) is 11.8. The molecular formula is C22H27FN6. The Bertz CT molecular complexity index is 1110. The van der Waals surface area contributed by atoms with Crippen molar-refractivity contribution in [1.29, 1.82) is 0 Å². The lowest BCUT2D eigenvalue weighted by atomic mass is 10.2. The number of hydrogen-bond acceptors (Lipinski definition) is 4. The molecule has 0 aliphatic heterocycles. The van der Waals surface area contributed by atoms with Crippen LogP contribution in [0.2, 0.25) is 0 Å². The highest BCUT2D eigenvalue weighted by atomic mass is 19.1. The van der Waals surface area contributed by atoms with Crippen LogP contribution in [0.1, 0.15) is 20.3 Å². The molecule has 0 aliphatic carbocycles. The van der Waals surface area contributed by atoms with Gasteiger partial charge in [-0.25, -0.2) is 9.37 Å². The Balaban J connectivity index is 1.54. The summed E-state index contributed by atoms with van der Waals surface area (Å²) in [6.07, 6.45) is 1.13. The van der Waals surface area contributed by atoms with Gasteiger partial charge >= 0.3 is 0 Å². The summed E-state index contributed by atoms with van der Waals surface area (Å²) >= 11 is 0. The summed E-state index contributed by atoms with van der Waals surface area (Å²) in [4.78, 5) is 12.8. The number of aromatic amines is 2. The molecule has 0 bridgehead atoms. The summed E-state index contributed by atoms with van der Waals surface area (Å²) in [6.45, 7) is 8.71. The van der Waals surface area contributed by atoms with Gasteiger partial charge in [0.15, 0.2) is 5.82 Å². The number of H-pyrrole nitrogens is 2. The smallest absolute Gasteiger partial charge is 0.159 e. The number of anilines is 1. The van der Waals surface area contributed by atoms with Gasteiger partial charge in [0.05, 0.1) is 16.6 Å². The first kappa shape index (κ1) is 19.4. The highest BCUT2D eigenvalue weighted by Crippen LogP contribution is 2.28. The second-order valence-electron chi connectivity index (χ2n) is 7.35. The number of hydrogen-bond donors (Lipinski definition) is 2. The number of nitrogens with one attached hydrogen (secondary N) is 2. The quantitative estimate of drug-likeness (QED) is 0.465. The molecule has 2 N–H and O–H groups in total. The molecule has 4 rings (SSSR count). The molecule has 0 unspecified atom stereocenters. The summed E-state index contributed by atoms with van der Waals surface area (Å²) in [5.74, 6) is 0.394. The summed E-state index contributed by atoms with van der Waals surface area (Å²) in [5, 5.41) is 8.06. The van der Waals surface area contributed by atoms with E-state index < -0.39 is 0 Å². The van der Waals surface area contributed by atoms with Crippen molar-refractivity contribution in [3.8, 4) is 11.5 Å². The highest BCUT2D eigenvalue weighted by molar-refractivity contribution is 5.93. The van der Waals surface area contributed by atoms with Crippen LogP contribution >= 0.6 is 0 Å². The first-order valence-electron chi connectivity index (χ1n) is 10.2. The fourth-order valence-corrected chi connectivity index (χ4v) is 3.72. The molecule has 0 atom stereocenters. The molecule has 0 amide bonds. The van der Waals surface area contributed by atoms with Crippen molar-refractivity contribution >= 4 is 27.6 Å². The minimum absolute atomic E-state index is 0.286. The van der Waals surface area contributed by atoms with E-state index in [9.17, 15) is 4.39 Å². The van der Waals surface area contributed by atoms with Crippen LogP contribution in [0.5, 0.6) is 0 Å². The Morgan fingerprint density at radius 3 is 2.62 bits per heavy atom. The zero-order valence-electron chi connectivity index (χ0n) is 17.2. The predicted octanol–water partition coefficient (Wildman–Crippen LogP) is 4.41. The van der Waals surface area contributed by atoms with Gasteiger partial charge in [-0.05, 0) is 62.5 Å². The number of rotatable bonds is 8. The first-order valence-corrected chi connectivity index (χ1v) is 10.2. The van der Waals surface area contributed by atoms with Crippen LogP contribution in [0, 0.1) is 5.82 Å². The van der Waals surface area contributed by atoms with Crippen LogP contribution in [0.15, 0.2) is 36.4 Å². The second kappa shape index (κ2) is 8.21. The molecule has 152 valence electrons. The van der Waals surface area contributed by atoms with Crippen LogP contribution < -0.4 is 4.90 Å². The molecule has 0 fully saturated rings. The lowest BCUT2D eigenvalue weighted by Gasteiger charge is -2.22. The van der Waals surface area contributed by atoms with Gasteiger partial charge < -0.3 is 14.8 Å². The Labute approximate surface area is 169 Å². The number of halogens is 1. The van der Waals surface area contributed by atoms with Crippen LogP contribution in [-0.4, -0.2) is 58.3 Å². The van der Waals surface area contributed by atoms with Crippen molar-refractivity contribution < 1.29 is 4.39 Å². The molecule has 0 saturated carbocycles. The van der Waals surface area contributed by atoms with E-state index in [-0.39, 0.29) is 5.82 Å². The average molecular weight is 394 g/mol. The van der Waals surface area contributed by atoms with Gasteiger partial charge in [0.1, 0.15) is 11.5 Å². The van der Waals surface area contributed by atoms with Crippen LogP contribution in [-0.2, 0) is 0 Å². The minimum atomic E-state index is -0.286. The molecule has 2 heterocycles. The van der Waals surface area contributed by atoms with Crippen molar-refractivity contribution in [1.82, 2.24) is 25.1 Å². The molecule has 29 heavy (non-hydrogen) atoms. The van der Waals surface area contributed by atoms with Gasteiger partial charge in [0, 0.05) is 24.7 Å². The zero-order chi connectivity index (χ0) is 20.4. The van der Waals surface area contributed by atoms with Crippen molar-refractivity contribution in [3.05, 3.63) is 42.2 Å². The first-order chi connectivity index (χ1) is 14.1. The Kier molecular flexibility index (Phi) is 5.49. The van der Waals surface area contributed by atoms with E-state index in [4.69, 9.17) is 0 Å². The molecule has 7 heteroatoms.